The van der Waals surface area contributed by atoms with Crippen LogP contribution in [0.1, 0.15) is 6.42 Å². The van der Waals surface area contributed by atoms with Gasteiger partial charge in [0.15, 0.2) is 0 Å². The number of rotatable bonds is 6. The molecule has 6 heteroatoms. The second-order valence-corrected chi connectivity index (χ2v) is 5.63. The SMILES string of the molecule is O=C(CN1CCN(CCCO)CC1)Nc1ccccc1Cl. The van der Waals surface area contributed by atoms with Crippen LogP contribution in [-0.4, -0.2) is 66.7 Å². The molecule has 0 aliphatic carbocycles. The number of benzene rings is 1. The summed E-state index contributed by atoms with van der Waals surface area (Å²) in [6.45, 7) is 5.19. The molecule has 1 aliphatic heterocycles. The van der Waals surface area contributed by atoms with Crippen molar-refractivity contribution >= 4 is 23.2 Å². The van der Waals surface area contributed by atoms with E-state index in [2.05, 4.69) is 15.1 Å². The van der Waals surface area contributed by atoms with E-state index in [1.165, 1.54) is 0 Å². The number of carbonyl (C=O) groups is 1. The number of nitrogens with one attached hydrogen (secondary N) is 1. The van der Waals surface area contributed by atoms with E-state index in [1.54, 1.807) is 12.1 Å². The number of halogens is 1. The Balaban J connectivity index is 1.73. The zero-order chi connectivity index (χ0) is 15.1. The Hall–Kier alpha value is -1.14. The minimum atomic E-state index is -0.0353. The number of aliphatic hydroxyl groups excluding tert-OH is 1. The molecule has 1 aliphatic rings. The third-order valence-corrected chi connectivity index (χ3v) is 3.94. The van der Waals surface area contributed by atoms with Crippen molar-refractivity contribution < 1.29 is 9.90 Å². The molecule has 21 heavy (non-hydrogen) atoms. The molecule has 1 heterocycles. The van der Waals surface area contributed by atoms with Crippen LogP contribution < -0.4 is 5.32 Å². The van der Waals surface area contributed by atoms with Crippen molar-refractivity contribution in [1.82, 2.24) is 9.80 Å². The number of anilines is 1. The van der Waals surface area contributed by atoms with Crippen LogP contribution in [-0.2, 0) is 4.79 Å². The van der Waals surface area contributed by atoms with Crippen LogP contribution in [0.15, 0.2) is 24.3 Å². The molecule has 0 saturated carbocycles. The lowest BCUT2D eigenvalue weighted by molar-refractivity contribution is -0.117. The van der Waals surface area contributed by atoms with Crippen LogP contribution in [0.4, 0.5) is 5.69 Å². The highest BCUT2D eigenvalue weighted by Crippen LogP contribution is 2.20. The number of piperazine rings is 1. The predicted molar refractivity (Wildman–Crippen MR) is 84.7 cm³/mol. The van der Waals surface area contributed by atoms with E-state index in [-0.39, 0.29) is 12.5 Å². The quantitative estimate of drug-likeness (QED) is 0.831. The Morgan fingerprint density at radius 3 is 2.52 bits per heavy atom. The monoisotopic (exact) mass is 311 g/mol. The van der Waals surface area contributed by atoms with Crippen molar-refractivity contribution in [3.05, 3.63) is 29.3 Å². The van der Waals surface area contributed by atoms with E-state index in [9.17, 15) is 4.79 Å². The minimum Gasteiger partial charge on any atom is -0.396 e. The molecule has 0 atom stereocenters. The van der Waals surface area contributed by atoms with Gasteiger partial charge in [-0.2, -0.15) is 0 Å². The highest BCUT2D eigenvalue weighted by Gasteiger charge is 2.18. The van der Waals surface area contributed by atoms with E-state index >= 15 is 0 Å². The molecule has 116 valence electrons. The molecule has 0 radical (unpaired) electrons. The molecule has 2 rings (SSSR count). The fourth-order valence-electron chi connectivity index (χ4n) is 2.42. The molecule has 1 amide bonds. The molecular weight excluding hydrogens is 290 g/mol. The Bertz CT molecular complexity index is 462. The smallest absolute Gasteiger partial charge is 0.238 e. The first-order valence-corrected chi connectivity index (χ1v) is 7.67. The van der Waals surface area contributed by atoms with Crippen molar-refractivity contribution in [3.63, 3.8) is 0 Å². The van der Waals surface area contributed by atoms with E-state index in [1.807, 2.05) is 12.1 Å². The summed E-state index contributed by atoms with van der Waals surface area (Å²) in [4.78, 5) is 16.5. The second kappa shape index (κ2) is 8.34. The maximum Gasteiger partial charge on any atom is 0.238 e. The summed E-state index contributed by atoms with van der Waals surface area (Å²) in [5.41, 5.74) is 0.658. The number of aliphatic hydroxyl groups is 1. The highest BCUT2D eigenvalue weighted by molar-refractivity contribution is 6.33. The average molecular weight is 312 g/mol. The number of nitrogens with zero attached hydrogens (tertiary/aromatic N) is 2. The first-order valence-electron chi connectivity index (χ1n) is 7.29. The van der Waals surface area contributed by atoms with Crippen LogP contribution >= 0.6 is 11.6 Å². The third-order valence-electron chi connectivity index (χ3n) is 3.61. The number of hydrogen-bond donors (Lipinski definition) is 2. The molecule has 0 bridgehead atoms. The Morgan fingerprint density at radius 1 is 1.19 bits per heavy atom. The standard InChI is InChI=1S/C15H22ClN3O2/c16-13-4-1-2-5-14(13)17-15(21)12-19-9-7-18(8-10-19)6-3-11-20/h1-2,4-5,20H,3,6-12H2,(H,17,21). The molecule has 1 aromatic carbocycles. The zero-order valence-corrected chi connectivity index (χ0v) is 12.9. The molecular formula is C15H22ClN3O2. The van der Waals surface area contributed by atoms with Crippen molar-refractivity contribution in [1.29, 1.82) is 0 Å². The van der Waals surface area contributed by atoms with Gasteiger partial charge in [0.2, 0.25) is 5.91 Å². The van der Waals surface area contributed by atoms with Crippen LogP contribution in [0, 0.1) is 0 Å². The third kappa shape index (κ3) is 5.28. The van der Waals surface area contributed by atoms with Crippen molar-refractivity contribution in [3.8, 4) is 0 Å². The molecule has 5 nitrogen and oxygen atoms in total. The van der Waals surface area contributed by atoms with Crippen LogP contribution in [0.2, 0.25) is 5.02 Å². The van der Waals surface area contributed by atoms with Crippen LogP contribution in [0.5, 0.6) is 0 Å². The van der Waals surface area contributed by atoms with Gasteiger partial charge in [0.1, 0.15) is 0 Å². The maximum absolute atomic E-state index is 12.0. The van der Waals surface area contributed by atoms with Crippen LogP contribution in [0.25, 0.3) is 0 Å². The van der Waals surface area contributed by atoms with E-state index in [0.717, 1.165) is 39.1 Å². The zero-order valence-electron chi connectivity index (χ0n) is 12.1. The number of hydrogen-bond acceptors (Lipinski definition) is 4. The van der Waals surface area contributed by atoms with E-state index < -0.39 is 0 Å². The summed E-state index contributed by atoms with van der Waals surface area (Å²) in [5.74, 6) is -0.0353. The predicted octanol–water partition coefficient (Wildman–Crippen LogP) is 1.28. The van der Waals surface area contributed by atoms with Gasteiger partial charge in [-0.15, -0.1) is 0 Å². The Labute approximate surface area is 130 Å². The van der Waals surface area contributed by atoms with Gasteiger partial charge >= 0.3 is 0 Å². The summed E-state index contributed by atoms with van der Waals surface area (Å²) in [5, 5.41) is 12.2. The highest BCUT2D eigenvalue weighted by atomic mass is 35.5. The summed E-state index contributed by atoms with van der Waals surface area (Å²) < 4.78 is 0. The fraction of sp³-hybridized carbons (Fsp3) is 0.533. The number of amides is 1. The van der Waals surface area contributed by atoms with Gasteiger partial charge in [-0.05, 0) is 18.6 Å². The molecule has 1 saturated heterocycles. The first kappa shape index (κ1) is 16.2. The number of para-hydroxylation sites is 1. The first-order chi connectivity index (χ1) is 10.2. The van der Waals surface area contributed by atoms with Gasteiger partial charge in [-0.1, -0.05) is 23.7 Å². The van der Waals surface area contributed by atoms with Gasteiger partial charge in [-0.25, -0.2) is 0 Å². The summed E-state index contributed by atoms with van der Waals surface area (Å²) in [6.07, 6.45) is 0.812. The van der Waals surface area contributed by atoms with Crippen molar-refractivity contribution in [2.24, 2.45) is 0 Å². The average Bonchev–Trinajstić information content (AvgIpc) is 2.49. The van der Waals surface area contributed by atoms with Gasteiger partial charge < -0.3 is 15.3 Å². The van der Waals surface area contributed by atoms with Gasteiger partial charge in [0, 0.05) is 39.3 Å². The van der Waals surface area contributed by atoms with Crippen molar-refractivity contribution in [2.75, 3.05) is 51.2 Å². The Kier molecular flexibility index (Phi) is 6.45. The minimum absolute atomic E-state index is 0.0353. The molecule has 1 fully saturated rings. The van der Waals surface area contributed by atoms with Gasteiger partial charge in [0.05, 0.1) is 17.3 Å². The molecule has 0 aromatic heterocycles. The topological polar surface area (TPSA) is 55.8 Å². The van der Waals surface area contributed by atoms with Crippen molar-refractivity contribution in [2.45, 2.75) is 6.42 Å². The lowest BCUT2D eigenvalue weighted by Crippen LogP contribution is -2.48. The van der Waals surface area contributed by atoms with E-state index in [0.29, 0.717) is 17.3 Å². The van der Waals surface area contributed by atoms with E-state index in [4.69, 9.17) is 16.7 Å². The molecule has 0 spiro atoms. The lowest BCUT2D eigenvalue weighted by Gasteiger charge is -2.34. The van der Waals surface area contributed by atoms with Gasteiger partial charge in [0.25, 0.3) is 0 Å². The molecule has 0 unspecified atom stereocenters. The summed E-state index contributed by atoms with van der Waals surface area (Å²) in [6, 6.07) is 7.25. The fourth-order valence-corrected chi connectivity index (χ4v) is 2.60. The second-order valence-electron chi connectivity index (χ2n) is 5.22. The summed E-state index contributed by atoms with van der Waals surface area (Å²) in [7, 11) is 0. The number of carbonyl (C=O) groups excluding carboxylic acids is 1. The van der Waals surface area contributed by atoms with Gasteiger partial charge in [-0.3, -0.25) is 9.69 Å². The normalized spacial score (nSPS) is 16.9. The van der Waals surface area contributed by atoms with Crippen LogP contribution in [0.3, 0.4) is 0 Å². The lowest BCUT2D eigenvalue weighted by atomic mass is 10.2. The largest absolute Gasteiger partial charge is 0.396 e. The maximum atomic E-state index is 12.0. The molecule has 1 aromatic rings. The Morgan fingerprint density at radius 2 is 1.86 bits per heavy atom. The summed E-state index contributed by atoms with van der Waals surface area (Å²) >= 11 is 6.02. The molecule has 2 N–H and O–H groups in total.